The van der Waals surface area contributed by atoms with E-state index in [0.29, 0.717) is 0 Å². The number of hydrogen-bond donors (Lipinski definition) is 1. The highest BCUT2D eigenvalue weighted by Gasteiger charge is 2.37. The van der Waals surface area contributed by atoms with E-state index in [1.807, 2.05) is 0 Å². The lowest BCUT2D eigenvalue weighted by atomic mass is 10.0. The van der Waals surface area contributed by atoms with Gasteiger partial charge in [0.05, 0.1) is 0 Å². The van der Waals surface area contributed by atoms with Crippen LogP contribution in [-0.4, -0.2) is 23.5 Å². The molecule has 19 heavy (non-hydrogen) atoms. The Morgan fingerprint density at radius 2 is 1.89 bits per heavy atom. The summed E-state index contributed by atoms with van der Waals surface area (Å²) in [4.78, 5) is 2.73. The minimum Gasteiger partial charge on any atom is -0.310 e. The van der Waals surface area contributed by atoms with Crippen molar-refractivity contribution >= 4 is 0 Å². The zero-order chi connectivity index (χ0) is 12.7. The second-order valence-corrected chi connectivity index (χ2v) is 6.69. The van der Waals surface area contributed by atoms with Crippen molar-refractivity contribution in [2.75, 3.05) is 6.54 Å². The lowest BCUT2D eigenvalue weighted by Crippen LogP contribution is -2.32. The van der Waals surface area contributed by atoms with Gasteiger partial charge in [-0.25, -0.2) is 0 Å². The van der Waals surface area contributed by atoms with E-state index < -0.39 is 0 Å². The summed E-state index contributed by atoms with van der Waals surface area (Å²) >= 11 is 0. The van der Waals surface area contributed by atoms with E-state index in [2.05, 4.69) is 34.5 Å². The molecule has 1 aromatic rings. The third-order valence-corrected chi connectivity index (χ3v) is 5.17. The Kier molecular flexibility index (Phi) is 3.08. The molecule has 2 saturated carbocycles. The first-order chi connectivity index (χ1) is 9.38. The van der Waals surface area contributed by atoms with Crippen LogP contribution in [0.1, 0.15) is 43.2 Å². The molecule has 2 atom stereocenters. The molecule has 3 fully saturated rings. The molecule has 2 nitrogen and oxygen atoms in total. The SMILES string of the molecule is c1ccc(CN2CC3CCC2C3)c(CNC2CC2)c1. The van der Waals surface area contributed by atoms with E-state index in [4.69, 9.17) is 0 Å². The van der Waals surface area contributed by atoms with Gasteiger partial charge in [0.1, 0.15) is 0 Å². The molecule has 0 spiro atoms. The molecule has 2 bridgehead atoms. The Morgan fingerprint density at radius 3 is 2.58 bits per heavy atom. The fourth-order valence-corrected chi connectivity index (χ4v) is 3.87. The number of hydrogen-bond acceptors (Lipinski definition) is 2. The Labute approximate surface area is 116 Å². The van der Waals surface area contributed by atoms with E-state index in [9.17, 15) is 0 Å². The van der Waals surface area contributed by atoms with Crippen molar-refractivity contribution in [3.8, 4) is 0 Å². The van der Waals surface area contributed by atoms with Crippen molar-refractivity contribution in [2.45, 2.75) is 57.3 Å². The van der Waals surface area contributed by atoms with Gasteiger partial charge >= 0.3 is 0 Å². The molecule has 3 aliphatic rings. The van der Waals surface area contributed by atoms with Crippen LogP contribution in [0.25, 0.3) is 0 Å². The molecule has 2 unspecified atom stereocenters. The van der Waals surface area contributed by atoms with Crippen LogP contribution in [0.4, 0.5) is 0 Å². The van der Waals surface area contributed by atoms with Crippen LogP contribution in [0.15, 0.2) is 24.3 Å². The fraction of sp³-hybridized carbons (Fsp3) is 0.647. The summed E-state index contributed by atoms with van der Waals surface area (Å²) in [5.74, 6) is 1.00. The van der Waals surface area contributed by atoms with Gasteiger partial charge in [-0.2, -0.15) is 0 Å². The molecule has 1 aromatic carbocycles. The lowest BCUT2D eigenvalue weighted by molar-refractivity contribution is 0.205. The summed E-state index contributed by atoms with van der Waals surface area (Å²) in [6.45, 7) is 3.57. The minimum absolute atomic E-state index is 0.802. The lowest BCUT2D eigenvalue weighted by Gasteiger charge is -2.27. The zero-order valence-electron chi connectivity index (χ0n) is 11.6. The quantitative estimate of drug-likeness (QED) is 0.871. The molecule has 4 rings (SSSR count). The van der Waals surface area contributed by atoms with E-state index in [1.165, 1.54) is 50.8 Å². The smallest absolute Gasteiger partial charge is 0.0240 e. The summed E-state index contributed by atoms with van der Waals surface area (Å²) in [6, 6.07) is 10.7. The third-order valence-electron chi connectivity index (χ3n) is 5.17. The Bertz CT molecular complexity index is 452. The normalized spacial score (nSPS) is 30.1. The number of nitrogens with one attached hydrogen (secondary N) is 1. The van der Waals surface area contributed by atoms with Gasteiger partial charge < -0.3 is 5.32 Å². The second kappa shape index (κ2) is 4.92. The Balaban J connectivity index is 1.44. The monoisotopic (exact) mass is 256 g/mol. The van der Waals surface area contributed by atoms with E-state index in [-0.39, 0.29) is 0 Å². The van der Waals surface area contributed by atoms with Crippen molar-refractivity contribution < 1.29 is 0 Å². The molecule has 2 heteroatoms. The predicted octanol–water partition coefficient (Wildman–Crippen LogP) is 2.92. The highest BCUT2D eigenvalue weighted by Crippen LogP contribution is 2.38. The summed E-state index contributed by atoms with van der Waals surface area (Å²) in [5, 5.41) is 3.65. The molecule has 1 N–H and O–H groups in total. The largest absolute Gasteiger partial charge is 0.310 e. The zero-order valence-corrected chi connectivity index (χ0v) is 11.6. The van der Waals surface area contributed by atoms with Crippen molar-refractivity contribution in [3.05, 3.63) is 35.4 Å². The van der Waals surface area contributed by atoms with Crippen molar-refractivity contribution in [3.63, 3.8) is 0 Å². The molecule has 2 aliphatic carbocycles. The molecule has 1 saturated heterocycles. The molecule has 0 radical (unpaired) electrons. The van der Waals surface area contributed by atoms with Crippen LogP contribution >= 0.6 is 0 Å². The van der Waals surface area contributed by atoms with Gasteiger partial charge in [0.15, 0.2) is 0 Å². The fourth-order valence-electron chi connectivity index (χ4n) is 3.87. The average Bonchev–Trinajstić information content (AvgIpc) is 3.04. The second-order valence-electron chi connectivity index (χ2n) is 6.69. The van der Waals surface area contributed by atoms with Gasteiger partial charge in [0.2, 0.25) is 0 Å². The molecule has 0 amide bonds. The number of rotatable bonds is 5. The van der Waals surface area contributed by atoms with Crippen molar-refractivity contribution in [1.29, 1.82) is 0 Å². The molecule has 1 aliphatic heterocycles. The van der Waals surface area contributed by atoms with Crippen LogP contribution in [0.5, 0.6) is 0 Å². The van der Waals surface area contributed by atoms with Crippen molar-refractivity contribution in [1.82, 2.24) is 10.2 Å². The maximum atomic E-state index is 3.65. The topological polar surface area (TPSA) is 15.3 Å². The van der Waals surface area contributed by atoms with Gasteiger partial charge in [0, 0.05) is 31.7 Å². The highest BCUT2D eigenvalue weighted by atomic mass is 15.2. The molecule has 102 valence electrons. The van der Waals surface area contributed by atoms with Gasteiger partial charge in [-0.3, -0.25) is 4.90 Å². The number of benzene rings is 1. The van der Waals surface area contributed by atoms with Crippen molar-refractivity contribution in [2.24, 2.45) is 5.92 Å². The van der Waals surface area contributed by atoms with Gasteiger partial charge in [0.25, 0.3) is 0 Å². The summed E-state index contributed by atoms with van der Waals surface area (Å²) < 4.78 is 0. The first-order valence-electron chi connectivity index (χ1n) is 7.93. The average molecular weight is 256 g/mol. The van der Waals surface area contributed by atoms with Gasteiger partial charge in [-0.1, -0.05) is 24.3 Å². The van der Waals surface area contributed by atoms with Crippen LogP contribution < -0.4 is 5.32 Å². The molecule has 1 heterocycles. The van der Waals surface area contributed by atoms with Crippen LogP contribution in [0.3, 0.4) is 0 Å². The Hall–Kier alpha value is -0.860. The predicted molar refractivity (Wildman–Crippen MR) is 77.8 cm³/mol. The highest BCUT2D eigenvalue weighted by molar-refractivity contribution is 5.27. The molecule has 0 aromatic heterocycles. The van der Waals surface area contributed by atoms with Gasteiger partial charge in [-0.05, 0) is 49.1 Å². The Morgan fingerprint density at radius 1 is 1.05 bits per heavy atom. The summed E-state index contributed by atoms with van der Waals surface area (Å²) in [5.41, 5.74) is 3.06. The van der Waals surface area contributed by atoms with E-state index in [0.717, 1.165) is 24.5 Å². The number of nitrogens with zero attached hydrogens (tertiary/aromatic N) is 1. The number of likely N-dealkylation sites (tertiary alicyclic amines) is 1. The van der Waals surface area contributed by atoms with Crippen LogP contribution in [0.2, 0.25) is 0 Å². The van der Waals surface area contributed by atoms with E-state index >= 15 is 0 Å². The first kappa shape index (κ1) is 11.9. The molecular weight excluding hydrogens is 232 g/mol. The number of piperidine rings is 1. The maximum absolute atomic E-state index is 3.65. The first-order valence-corrected chi connectivity index (χ1v) is 7.93. The maximum Gasteiger partial charge on any atom is 0.0240 e. The summed E-state index contributed by atoms with van der Waals surface area (Å²) in [7, 11) is 0. The summed E-state index contributed by atoms with van der Waals surface area (Å²) in [6.07, 6.45) is 7.12. The minimum atomic E-state index is 0.802. The molecular formula is C17H24N2. The third kappa shape index (κ3) is 2.56. The van der Waals surface area contributed by atoms with Gasteiger partial charge in [-0.15, -0.1) is 0 Å². The number of fused-ring (bicyclic) bond motifs is 2. The standard InChI is InChI=1S/C17H24N2/c1-2-4-15(14(3-1)10-18-16-6-7-16)12-19-11-13-5-8-17(19)9-13/h1-4,13,16-18H,5-12H2. The van der Waals surface area contributed by atoms with Crippen LogP contribution in [-0.2, 0) is 13.1 Å². The van der Waals surface area contributed by atoms with E-state index in [1.54, 1.807) is 5.56 Å². The van der Waals surface area contributed by atoms with Crippen LogP contribution in [0, 0.1) is 5.92 Å².